The largest absolute Gasteiger partial charge is 0.462 e. The van der Waals surface area contributed by atoms with E-state index in [1.54, 1.807) is 37.3 Å². The summed E-state index contributed by atoms with van der Waals surface area (Å²) >= 11 is 0. The number of pyridine rings is 1. The van der Waals surface area contributed by atoms with E-state index in [2.05, 4.69) is 10.3 Å². The first-order chi connectivity index (χ1) is 17.9. The number of hydrogen-bond acceptors (Lipinski definition) is 7. The third-order valence-corrected chi connectivity index (χ3v) is 5.09. The number of halogens is 1. The van der Waals surface area contributed by atoms with Gasteiger partial charge in [-0.05, 0) is 61.5 Å². The molecule has 0 aliphatic carbocycles. The van der Waals surface area contributed by atoms with Crippen molar-refractivity contribution in [2.24, 2.45) is 0 Å². The second-order valence-electron chi connectivity index (χ2n) is 7.52. The molecule has 0 aliphatic rings. The third kappa shape index (κ3) is 5.52. The van der Waals surface area contributed by atoms with Gasteiger partial charge in [0.05, 0.1) is 12.2 Å². The van der Waals surface area contributed by atoms with Gasteiger partial charge in [-0.15, -0.1) is 0 Å². The summed E-state index contributed by atoms with van der Waals surface area (Å²) in [7, 11) is 0. The lowest BCUT2D eigenvalue weighted by Crippen LogP contribution is -2.20. The summed E-state index contributed by atoms with van der Waals surface area (Å²) in [6.45, 7) is 1.91. The molecule has 0 fully saturated rings. The van der Waals surface area contributed by atoms with Gasteiger partial charge in [-0.1, -0.05) is 18.2 Å². The Morgan fingerprint density at radius 3 is 2.54 bits per heavy atom. The number of nitrogens with one attached hydrogen (secondary N) is 1. The van der Waals surface area contributed by atoms with E-state index >= 15 is 0 Å². The first kappa shape index (κ1) is 24.8. The van der Waals surface area contributed by atoms with Crippen LogP contribution >= 0.6 is 0 Å². The second-order valence-corrected chi connectivity index (χ2v) is 7.52. The molecule has 184 valence electrons. The fourth-order valence-corrected chi connectivity index (χ4v) is 3.31. The molecule has 4 rings (SSSR count). The van der Waals surface area contributed by atoms with Gasteiger partial charge < -0.3 is 14.8 Å². The molecule has 2 aromatic heterocycles. The molecule has 2 aromatic carbocycles. The Labute approximate surface area is 210 Å². The van der Waals surface area contributed by atoms with Crippen LogP contribution in [0.15, 0.2) is 83.3 Å². The zero-order valence-corrected chi connectivity index (χ0v) is 19.5. The number of nitrogens with zero attached hydrogens (tertiary/aromatic N) is 3. The summed E-state index contributed by atoms with van der Waals surface area (Å²) in [5.41, 5.74) is -0.465. The van der Waals surface area contributed by atoms with E-state index < -0.39 is 28.8 Å². The van der Waals surface area contributed by atoms with Gasteiger partial charge in [-0.25, -0.2) is 9.18 Å². The quantitative estimate of drug-likeness (QED) is 0.228. The fraction of sp³-hybridized carbons (Fsp3) is 0.0741. The Balaban J connectivity index is 1.71. The number of ether oxygens (including phenoxy) is 2. The van der Waals surface area contributed by atoms with Crippen LogP contribution in [0.25, 0.3) is 11.7 Å². The van der Waals surface area contributed by atoms with Crippen LogP contribution in [0.4, 0.5) is 10.1 Å². The van der Waals surface area contributed by atoms with Crippen LogP contribution in [0.5, 0.6) is 11.6 Å². The first-order valence-corrected chi connectivity index (χ1v) is 11.1. The Morgan fingerprint density at radius 1 is 1.11 bits per heavy atom. The summed E-state index contributed by atoms with van der Waals surface area (Å²) in [6, 6.07) is 18.0. The summed E-state index contributed by atoms with van der Waals surface area (Å²) < 4.78 is 26.0. The lowest BCUT2D eigenvalue weighted by Gasteiger charge is -2.11. The molecule has 9 nitrogen and oxygen atoms in total. The Bertz CT molecular complexity index is 1620. The van der Waals surface area contributed by atoms with Crippen molar-refractivity contribution in [1.29, 1.82) is 5.26 Å². The highest BCUT2D eigenvalue weighted by molar-refractivity contribution is 6.10. The number of hydrogen-bond donors (Lipinski definition) is 1. The number of rotatable bonds is 7. The van der Waals surface area contributed by atoms with Crippen molar-refractivity contribution in [3.05, 3.63) is 106 Å². The van der Waals surface area contributed by atoms with E-state index in [9.17, 15) is 24.0 Å². The fourth-order valence-electron chi connectivity index (χ4n) is 3.31. The maximum absolute atomic E-state index is 14.2. The molecule has 10 heteroatoms. The topological polar surface area (TPSA) is 123 Å². The number of esters is 1. The number of para-hydroxylation sites is 1. The molecular formula is C27H19FN4O5. The minimum atomic E-state index is -0.819. The van der Waals surface area contributed by atoms with Crippen molar-refractivity contribution < 1.29 is 23.5 Å². The number of carbonyl (C=O) groups excluding carboxylic acids is 2. The van der Waals surface area contributed by atoms with Crippen LogP contribution in [-0.2, 0) is 9.53 Å². The third-order valence-electron chi connectivity index (χ3n) is 5.09. The standard InChI is InChI=1S/C27H19FN4O5/c1-2-36-27(35)17-10-12-19(13-11-17)30-24(33)18(16-29)15-20-25(37-22-8-4-3-7-21(22)28)31-23-9-5-6-14-32(23)26(20)34/h3-15H,2H2,1H3,(H,30,33)/b18-15-. The summed E-state index contributed by atoms with van der Waals surface area (Å²) in [4.78, 5) is 42.2. The van der Waals surface area contributed by atoms with Gasteiger partial charge in [0, 0.05) is 11.9 Å². The molecule has 0 radical (unpaired) electrons. The molecular weight excluding hydrogens is 479 g/mol. The predicted octanol–water partition coefficient (Wildman–Crippen LogP) is 4.35. The van der Waals surface area contributed by atoms with Crippen molar-refractivity contribution >= 4 is 29.3 Å². The second kappa shape index (κ2) is 11.0. The van der Waals surface area contributed by atoms with Gasteiger partial charge in [0.15, 0.2) is 11.6 Å². The van der Waals surface area contributed by atoms with Crippen molar-refractivity contribution in [1.82, 2.24) is 9.38 Å². The highest BCUT2D eigenvalue weighted by Gasteiger charge is 2.18. The van der Waals surface area contributed by atoms with Gasteiger partial charge in [0.2, 0.25) is 5.88 Å². The molecule has 0 unspecified atom stereocenters. The molecule has 0 spiro atoms. The zero-order chi connectivity index (χ0) is 26.4. The molecule has 0 atom stereocenters. The zero-order valence-electron chi connectivity index (χ0n) is 19.5. The van der Waals surface area contributed by atoms with E-state index in [1.165, 1.54) is 53.1 Å². The maximum Gasteiger partial charge on any atom is 0.338 e. The average molecular weight is 498 g/mol. The van der Waals surface area contributed by atoms with Crippen molar-refractivity contribution in [2.75, 3.05) is 11.9 Å². The van der Waals surface area contributed by atoms with Crippen LogP contribution in [0.2, 0.25) is 0 Å². The number of anilines is 1. The van der Waals surface area contributed by atoms with Crippen molar-refractivity contribution in [3.63, 3.8) is 0 Å². The van der Waals surface area contributed by atoms with E-state index in [0.717, 1.165) is 6.08 Å². The minimum absolute atomic E-state index is 0.186. The number of aromatic nitrogens is 2. The molecule has 1 N–H and O–H groups in total. The molecule has 0 bridgehead atoms. The molecule has 37 heavy (non-hydrogen) atoms. The molecule has 0 saturated carbocycles. The number of nitriles is 1. The maximum atomic E-state index is 14.2. The molecule has 4 aromatic rings. The Hall–Kier alpha value is -5.30. The normalized spacial score (nSPS) is 11.0. The number of amides is 1. The van der Waals surface area contributed by atoms with Crippen molar-refractivity contribution in [2.45, 2.75) is 6.92 Å². The molecule has 0 aliphatic heterocycles. The number of fused-ring (bicyclic) bond motifs is 1. The summed E-state index contributed by atoms with van der Waals surface area (Å²) in [5.74, 6) is -2.47. The van der Waals surface area contributed by atoms with Gasteiger partial charge >= 0.3 is 5.97 Å². The first-order valence-electron chi connectivity index (χ1n) is 11.1. The highest BCUT2D eigenvalue weighted by Crippen LogP contribution is 2.26. The highest BCUT2D eigenvalue weighted by atomic mass is 19.1. The van der Waals surface area contributed by atoms with Gasteiger partial charge in [-0.2, -0.15) is 10.2 Å². The van der Waals surface area contributed by atoms with Crippen LogP contribution in [0.1, 0.15) is 22.8 Å². The van der Waals surface area contributed by atoms with E-state index in [0.29, 0.717) is 11.3 Å². The monoisotopic (exact) mass is 498 g/mol. The van der Waals surface area contributed by atoms with Crippen LogP contribution in [0.3, 0.4) is 0 Å². The van der Waals surface area contributed by atoms with Gasteiger partial charge in [0.25, 0.3) is 11.5 Å². The lowest BCUT2D eigenvalue weighted by atomic mass is 10.1. The lowest BCUT2D eigenvalue weighted by molar-refractivity contribution is -0.112. The predicted molar refractivity (Wildman–Crippen MR) is 133 cm³/mol. The Morgan fingerprint density at radius 2 is 1.84 bits per heavy atom. The van der Waals surface area contributed by atoms with Gasteiger partial charge in [-0.3, -0.25) is 14.0 Å². The number of carbonyl (C=O) groups is 2. The molecule has 0 saturated heterocycles. The summed E-state index contributed by atoms with van der Waals surface area (Å²) in [6.07, 6.45) is 2.50. The van der Waals surface area contributed by atoms with Crippen LogP contribution < -0.4 is 15.6 Å². The average Bonchev–Trinajstić information content (AvgIpc) is 2.90. The smallest absolute Gasteiger partial charge is 0.338 e. The summed E-state index contributed by atoms with van der Waals surface area (Å²) in [5, 5.41) is 12.2. The van der Waals surface area contributed by atoms with E-state index in [4.69, 9.17) is 9.47 Å². The van der Waals surface area contributed by atoms with Crippen LogP contribution in [0, 0.1) is 17.1 Å². The van der Waals surface area contributed by atoms with Gasteiger partial charge in [0.1, 0.15) is 22.9 Å². The van der Waals surface area contributed by atoms with E-state index in [-0.39, 0.29) is 29.4 Å². The van der Waals surface area contributed by atoms with E-state index in [1.807, 2.05) is 0 Å². The number of benzene rings is 2. The molecule has 2 heterocycles. The Kier molecular flexibility index (Phi) is 7.35. The SMILES string of the molecule is CCOC(=O)c1ccc(NC(=O)/C(C#N)=C\c2c(Oc3ccccc3F)nc3ccccn3c2=O)cc1. The van der Waals surface area contributed by atoms with Crippen molar-refractivity contribution in [3.8, 4) is 17.7 Å². The minimum Gasteiger partial charge on any atom is -0.462 e. The molecule has 1 amide bonds. The van der Waals surface area contributed by atoms with Crippen LogP contribution in [-0.4, -0.2) is 27.9 Å².